The first-order valence-corrected chi connectivity index (χ1v) is 7.65. The molecule has 0 saturated carbocycles. The summed E-state index contributed by atoms with van der Waals surface area (Å²) in [5, 5.41) is 4.82. The fraction of sp³-hybridized carbons (Fsp3) is 0.250. The van der Waals surface area contributed by atoms with Crippen molar-refractivity contribution < 1.29 is 19.0 Å². The van der Waals surface area contributed by atoms with Crippen LogP contribution in [0.25, 0.3) is 6.08 Å². The maximum atomic E-state index is 11.2. The van der Waals surface area contributed by atoms with Gasteiger partial charge in [-0.3, -0.25) is 0 Å². The minimum Gasteiger partial charge on any atom is -0.480 e. The number of rotatable bonds is 6. The van der Waals surface area contributed by atoms with Crippen LogP contribution in [0.2, 0.25) is 10.0 Å². The number of halogens is 2. The largest absolute Gasteiger partial charge is 0.480 e. The van der Waals surface area contributed by atoms with Crippen molar-refractivity contribution in [1.29, 1.82) is 0 Å². The third kappa shape index (κ3) is 3.83. The third-order valence-electron chi connectivity index (χ3n) is 3.18. The number of methoxy groups -OCH3 is 1. The molecule has 0 spiro atoms. The molecule has 24 heavy (non-hydrogen) atoms. The molecule has 2 rings (SSSR count). The van der Waals surface area contributed by atoms with Crippen LogP contribution in [0.1, 0.15) is 11.3 Å². The second-order valence-electron chi connectivity index (χ2n) is 4.81. The highest BCUT2D eigenvalue weighted by atomic mass is 35.5. The first kappa shape index (κ1) is 18.2. The van der Waals surface area contributed by atoms with Gasteiger partial charge in [-0.25, -0.2) is 9.48 Å². The zero-order valence-electron chi connectivity index (χ0n) is 13.4. The lowest BCUT2D eigenvalue weighted by atomic mass is 10.2. The molecule has 0 aliphatic carbocycles. The fourth-order valence-electron chi connectivity index (χ4n) is 2.01. The number of carbonyl (C=O) groups excluding carboxylic acids is 1. The maximum absolute atomic E-state index is 11.2. The van der Waals surface area contributed by atoms with Gasteiger partial charge < -0.3 is 14.2 Å². The summed E-state index contributed by atoms with van der Waals surface area (Å²) in [6, 6.07) is 2.98. The molecular weight excluding hydrogens is 355 g/mol. The van der Waals surface area contributed by atoms with E-state index in [1.165, 1.54) is 19.2 Å². The molecule has 0 bridgehead atoms. The van der Waals surface area contributed by atoms with E-state index < -0.39 is 5.97 Å². The number of aryl methyl sites for hydroxylation is 2. The molecule has 8 heteroatoms. The van der Waals surface area contributed by atoms with Crippen molar-refractivity contribution in [2.75, 3.05) is 13.7 Å². The fourth-order valence-corrected chi connectivity index (χ4v) is 2.48. The van der Waals surface area contributed by atoms with Crippen molar-refractivity contribution in [2.45, 2.75) is 6.92 Å². The highest BCUT2D eigenvalue weighted by molar-refractivity contribution is 6.36. The van der Waals surface area contributed by atoms with Crippen molar-refractivity contribution in [2.24, 2.45) is 7.05 Å². The van der Waals surface area contributed by atoms with Crippen LogP contribution < -0.4 is 9.47 Å². The summed E-state index contributed by atoms with van der Waals surface area (Å²) in [4.78, 5) is 11.2. The van der Waals surface area contributed by atoms with Crippen molar-refractivity contribution in [3.63, 3.8) is 0 Å². The van der Waals surface area contributed by atoms with Crippen LogP contribution in [0.3, 0.4) is 0 Å². The predicted molar refractivity (Wildman–Crippen MR) is 92.1 cm³/mol. The molecule has 1 aromatic heterocycles. The topological polar surface area (TPSA) is 62.6 Å². The van der Waals surface area contributed by atoms with Gasteiger partial charge in [0.2, 0.25) is 5.88 Å². The van der Waals surface area contributed by atoms with Gasteiger partial charge in [0.25, 0.3) is 0 Å². The van der Waals surface area contributed by atoms with Crippen molar-refractivity contribution in [3.05, 3.63) is 40.0 Å². The van der Waals surface area contributed by atoms with Crippen molar-refractivity contribution >= 4 is 35.2 Å². The Morgan fingerprint density at radius 3 is 2.62 bits per heavy atom. The monoisotopic (exact) mass is 370 g/mol. The molecule has 128 valence electrons. The molecule has 0 fully saturated rings. The lowest BCUT2D eigenvalue weighted by Crippen LogP contribution is -2.12. The smallest absolute Gasteiger partial charge is 0.343 e. The van der Waals surface area contributed by atoms with Gasteiger partial charge in [0, 0.05) is 13.1 Å². The molecular formula is C16H16Cl2N2O4. The zero-order chi connectivity index (χ0) is 17.9. The minimum absolute atomic E-state index is 0.250. The lowest BCUT2D eigenvalue weighted by Gasteiger charge is -2.12. The highest BCUT2D eigenvalue weighted by Gasteiger charge is 2.17. The number of benzene rings is 1. The van der Waals surface area contributed by atoms with E-state index in [0.717, 1.165) is 11.3 Å². The average Bonchev–Trinajstić information content (AvgIpc) is 2.81. The van der Waals surface area contributed by atoms with Crippen LogP contribution in [0, 0.1) is 6.92 Å². The summed E-state index contributed by atoms with van der Waals surface area (Å²) in [6.07, 6.45) is 1.65. The maximum Gasteiger partial charge on any atom is 0.343 e. The number of aromatic nitrogens is 2. The molecule has 1 heterocycles. The Labute approximate surface area is 149 Å². The summed E-state index contributed by atoms with van der Waals surface area (Å²) in [5.74, 6) is 0.512. The molecule has 0 atom stereocenters. The van der Waals surface area contributed by atoms with E-state index in [1.807, 2.05) is 6.92 Å². The van der Waals surface area contributed by atoms with Crippen molar-refractivity contribution in [3.8, 4) is 17.4 Å². The molecule has 0 aliphatic rings. The zero-order valence-corrected chi connectivity index (χ0v) is 14.9. The summed E-state index contributed by atoms with van der Waals surface area (Å²) >= 11 is 12.3. The van der Waals surface area contributed by atoms with E-state index in [9.17, 15) is 4.79 Å². The molecule has 0 amide bonds. The van der Waals surface area contributed by atoms with Crippen LogP contribution in [0.4, 0.5) is 0 Å². The third-order valence-corrected chi connectivity index (χ3v) is 3.78. The summed E-state index contributed by atoms with van der Waals surface area (Å²) in [7, 11) is 3.01. The number of hydrogen-bond acceptors (Lipinski definition) is 5. The molecule has 0 unspecified atom stereocenters. The van der Waals surface area contributed by atoms with E-state index >= 15 is 0 Å². The van der Waals surface area contributed by atoms with Crippen molar-refractivity contribution in [1.82, 2.24) is 9.78 Å². The Balaban J connectivity index is 2.34. The molecule has 0 aliphatic heterocycles. The van der Waals surface area contributed by atoms with Gasteiger partial charge in [-0.2, -0.15) is 5.10 Å². The van der Waals surface area contributed by atoms with Gasteiger partial charge in [-0.1, -0.05) is 35.9 Å². The Kier molecular flexibility index (Phi) is 5.75. The van der Waals surface area contributed by atoms with Gasteiger partial charge >= 0.3 is 5.97 Å². The SMILES string of the molecule is C=Cc1c(C)nn(C)c1Oc1cc(OCC(=O)OC)c(Cl)cc1Cl. The van der Waals surface area contributed by atoms with E-state index in [2.05, 4.69) is 16.4 Å². The quantitative estimate of drug-likeness (QED) is 0.718. The van der Waals surface area contributed by atoms with Crippen LogP contribution in [0.15, 0.2) is 18.7 Å². The summed E-state index contributed by atoms with van der Waals surface area (Å²) in [6.45, 7) is 5.32. The number of nitrogens with zero attached hydrogens (tertiary/aromatic N) is 2. The van der Waals surface area contributed by atoms with Crippen LogP contribution in [-0.2, 0) is 16.6 Å². The Morgan fingerprint density at radius 2 is 2.00 bits per heavy atom. The van der Waals surface area contributed by atoms with Crippen LogP contribution >= 0.6 is 23.2 Å². The van der Waals surface area contributed by atoms with Crippen LogP contribution in [-0.4, -0.2) is 29.5 Å². The second-order valence-corrected chi connectivity index (χ2v) is 5.63. The van der Waals surface area contributed by atoms with E-state index in [-0.39, 0.29) is 17.4 Å². The predicted octanol–water partition coefficient (Wildman–Crippen LogP) is 4.02. The highest BCUT2D eigenvalue weighted by Crippen LogP contribution is 2.39. The number of hydrogen-bond donors (Lipinski definition) is 0. The van der Waals surface area contributed by atoms with Gasteiger partial charge in [0.15, 0.2) is 12.4 Å². The Morgan fingerprint density at radius 1 is 1.33 bits per heavy atom. The van der Waals surface area contributed by atoms with Gasteiger partial charge in [0.1, 0.15) is 5.75 Å². The van der Waals surface area contributed by atoms with E-state index in [4.69, 9.17) is 32.7 Å². The molecule has 0 N–H and O–H groups in total. The molecule has 6 nitrogen and oxygen atoms in total. The number of esters is 1. The minimum atomic E-state index is -0.528. The average molecular weight is 371 g/mol. The Bertz CT molecular complexity index is 787. The van der Waals surface area contributed by atoms with Gasteiger partial charge in [-0.05, 0) is 13.0 Å². The molecule has 1 aromatic carbocycles. The Hall–Kier alpha value is -2.18. The van der Waals surface area contributed by atoms with Gasteiger partial charge in [0.05, 0.1) is 28.4 Å². The number of ether oxygens (including phenoxy) is 3. The van der Waals surface area contributed by atoms with E-state index in [1.54, 1.807) is 17.8 Å². The lowest BCUT2D eigenvalue weighted by molar-refractivity contribution is -0.142. The first-order chi connectivity index (χ1) is 11.4. The standard InChI is InChI=1S/C16H16Cl2N2O4/c1-5-10-9(2)19-20(3)16(10)24-14-7-13(11(17)6-12(14)18)23-8-15(21)22-4/h5-7H,1,8H2,2-4H3. The van der Waals surface area contributed by atoms with Crippen LogP contribution in [0.5, 0.6) is 17.4 Å². The second kappa shape index (κ2) is 7.59. The van der Waals surface area contributed by atoms with E-state index in [0.29, 0.717) is 16.7 Å². The molecule has 0 radical (unpaired) electrons. The summed E-state index contributed by atoms with van der Waals surface area (Å²) < 4.78 is 17.3. The summed E-state index contributed by atoms with van der Waals surface area (Å²) in [5.41, 5.74) is 1.52. The molecule has 2 aromatic rings. The normalized spacial score (nSPS) is 10.4. The van der Waals surface area contributed by atoms with Gasteiger partial charge in [-0.15, -0.1) is 0 Å². The first-order valence-electron chi connectivity index (χ1n) is 6.90. The number of carbonyl (C=O) groups is 1. The molecule has 0 saturated heterocycles.